The van der Waals surface area contributed by atoms with Gasteiger partial charge in [-0.1, -0.05) is 24.3 Å². The summed E-state index contributed by atoms with van der Waals surface area (Å²) in [6.07, 6.45) is 0.923. The molecule has 0 aliphatic carbocycles. The second-order valence-corrected chi connectivity index (χ2v) is 5.33. The Hall–Kier alpha value is -2.46. The molecule has 1 N–H and O–H groups in total. The molecule has 104 valence electrons. The first-order chi connectivity index (χ1) is 10.3. The molecule has 2 heterocycles. The van der Waals surface area contributed by atoms with Crippen molar-refractivity contribution < 1.29 is 9.59 Å². The van der Waals surface area contributed by atoms with E-state index in [2.05, 4.69) is 11.4 Å². The zero-order valence-corrected chi connectivity index (χ0v) is 11.4. The number of hydrogen-bond acceptors (Lipinski definition) is 3. The fraction of sp³-hybridized carbons (Fsp3) is 0.176. The minimum absolute atomic E-state index is 0.227. The number of carbonyl (C=O) groups is 2. The average Bonchev–Trinajstić information content (AvgIpc) is 2.79. The molecule has 0 spiro atoms. The highest BCUT2D eigenvalue weighted by Gasteiger charge is 2.37. The van der Waals surface area contributed by atoms with Crippen molar-refractivity contribution in [3.05, 3.63) is 64.7 Å². The van der Waals surface area contributed by atoms with Crippen LogP contribution in [0.5, 0.6) is 0 Å². The van der Waals surface area contributed by atoms with Crippen LogP contribution in [0, 0.1) is 0 Å². The Morgan fingerprint density at radius 1 is 0.905 bits per heavy atom. The molecule has 4 heteroatoms. The summed E-state index contributed by atoms with van der Waals surface area (Å²) in [6, 6.07) is 12.8. The van der Waals surface area contributed by atoms with Crippen LogP contribution in [-0.4, -0.2) is 18.4 Å². The third-order valence-electron chi connectivity index (χ3n) is 4.16. The Labute approximate surface area is 122 Å². The van der Waals surface area contributed by atoms with Crippen LogP contribution in [0.3, 0.4) is 0 Å². The van der Waals surface area contributed by atoms with Gasteiger partial charge in [-0.05, 0) is 42.3 Å². The van der Waals surface area contributed by atoms with Gasteiger partial charge in [-0.15, -0.1) is 0 Å². The van der Waals surface area contributed by atoms with Gasteiger partial charge in [-0.3, -0.25) is 9.59 Å². The highest BCUT2D eigenvalue weighted by atomic mass is 16.2. The molecule has 2 aromatic rings. The number of nitrogens with zero attached hydrogens (tertiary/aromatic N) is 1. The number of rotatable bonds is 1. The van der Waals surface area contributed by atoms with E-state index in [9.17, 15) is 9.59 Å². The topological polar surface area (TPSA) is 49.4 Å². The smallest absolute Gasteiger partial charge is 0.266 e. The van der Waals surface area contributed by atoms with Crippen LogP contribution < -0.4 is 10.2 Å². The molecule has 0 atom stereocenters. The van der Waals surface area contributed by atoms with Crippen LogP contribution >= 0.6 is 0 Å². The molecule has 4 rings (SSSR count). The van der Waals surface area contributed by atoms with E-state index in [-0.39, 0.29) is 11.8 Å². The number of amides is 2. The molecule has 2 aromatic carbocycles. The summed E-state index contributed by atoms with van der Waals surface area (Å²) < 4.78 is 0. The molecule has 2 aliphatic heterocycles. The molecule has 4 nitrogen and oxygen atoms in total. The van der Waals surface area contributed by atoms with Crippen molar-refractivity contribution in [1.82, 2.24) is 5.32 Å². The average molecular weight is 278 g/mol. The standard InChI is InChI=1S/C17H14N2O2/c20-16-12-5-1-2-6-13(12)17(21)19(16)15-7-3-4-11-8-9-18-10-14(11)15/h1-7,18H,8-10H2. The van der Waals surface area contributed by atoms with Gasteiger partial charge in [0, 0.05) is 6.54 Å². The summed E-state index contributed by atoms with van der Waals surface area (Å²) in [6.45, 7) is 1.62. The summed E-state index contributed by atoms with van der Waals surface area (Å²) in [4.78, 5) is 26.5. The van der Waals surface area contributed by atoms with Crippen molar-refractivity contribution in [2.45, 2.75) is 13.0 Å². The summed E-state index contributed by atoms with van der Waals surface area (Å²) in [5, 5.41) is 3.31. The van der Waals surface area contributed by atoms with Crippen LogP contribution in [0.2, 0.25) is 0 Å². The molecular weight excluding hydrogens is 264 g/mol. The molecule has 0 aromatic heterocycles. The Bertz CT molecular complexity index is 732. The second kappa shape index (κ2) is 4.53. The molecular formula is C17H14N2O2. The van der Waals surface area contributed by atoms with E-state index in [4.69, 9.17) is 0 Å². The molecule has 2 aliphatic rings. The quantitative estimate of drug-likeness (QED) is 0.813. The molecule has 0 saturated carbocycles. The minimum Gasteiger partial charge on any atom is -0.312 e. The van der Waals surface area contributed by atoms with Gasteiger partial charge in [-0.2, -0.15) is 0 Å². The Morgan fingerprint density at radius 2 is 1.62 bits per heavy atom. The Balaban J connectivity index is 1.86. The molecule has 0 saturated heterocycles. The van der Waals surface area contributed by atoms with E-state index >= 15 is 0 Å². The number of hydrogen-bond donors (Lipinski definition) is 1. The normalized spacial score (nSPS) is 16.9. The van der Waals surface area contributed by atoms with E-state index in [1.54, 1.807) is 24.3 Å². The lowest BCUT2D eigenvalue weighted by atomic mass is 9.98. The Morgan fingerprint density at radius 3 is 2.33 bits per heavy atom. The molecule has 0 fully saturated rings. The van der Waals surface area contributed by atoms with Crippen LogP contribution in [0.25, 0.3) is 0 Å². The second-order valence-electron chi connectivity index (χ2n) is 5.33. The van der Waals surface area contributed by atoms with Gasteiger partial charge in [-0.25, -0.2) is 4.90 Å². The number of fused-ring (bicyclic) bond motifs is 2. The largest absolute Gasteiger partial charge is 0.312 e. The third-order valence-corrected chi connectivity index (χ3v) is 4.16. The van der Waals surface area contributed by atoms with Crippen molar-refractivity contribution in [3.8, 4) is 0 Å². The first-order valence-corrected chi connectivity index (χ1v) is 7.06. The highest BCUT2D eigenvalue weighted by molar-refractivity contribution is 6.34. The third kappa shape index (κ3) is 1.73. The monoisotopic (exact) mass is 278 g/mol. The van der Waals surface area contributed by atoms with Crippen molar-refractivity contribution in [2.75, 3.05) is 11.4 Å². The van der Waals surface area contributed by atoms with Crippen LogP contribution in [-0.2, 0) is 13.0 Å². The van der Waals surface area contributed by atoms with Crippen molar-refractivity contribution in [1.29, 1.82) is 0 Å². The number of anilines is 1. The van der Waals surface area contributed by atoms with Crippen LogP contribution in [0.15, 0.2) is 42.5 Å². The number of carbonyl (C=O) groups excluding carboxylic acids is 2. The van der Waals surface area contributed by atoms with E-state index in [0.29, 0.717) is 23.4 Å². The van der Waals surface area contributed by atoms with Crippen molar-refractivity contribution in [2.24, 2.45) is 0 Å². The van der Waals surface area contributed by atoms with Crippen molar-refractivity contribution >= 4 is 17.5 Å². The zero-order valence-electron chi connectivity index (χ0n) is 11.4. The SMILES string of the molecule is O=C1c2ccccc2C(=O)N1c1cccc2c1CNCC2. The molecule has 21 heavy (non-hydrogen) atoms. The van der Waals surface area contributed by atoms with Gasteiger partial charge >= 0.3 is 0 Å². The fourth-order valence-electron chi connectivity index (χ4n) is 3.11. The number of benzene rings is 2. The fourth-order valence-corrected chi connectivity index (χ4v) is 3.11. The van der Waals surface area contributed by atoms with Crippen molar-refractivity contribution in [3.63, 3.8) is 0 Å². The maximum atomic E-state index is 12.6. The van der Waals surface area contributed by atoms with E-state index in [1.165, 1.54) is 10.5 Å². The van der Waals surface area contributed by atoms with Gasteiger partial charge in [0.2, 0.25) is 0 Å². The lowest BCUT2D eigenvalue weighted by Gasteiger charge is -2.24. The zero-order chi connectivity index (χ0) is 14.4. The lowest BCUT2D eigenvalue weighted by molar-refractivity contribution is 0.0926. The first kappa shape index (κ1) is 12.3. The van der Waals surface area contributed by atoms with Crippen LogP contribution in [0.4, 0.5) is 5.69 Å². The van der Waals surface area contributed by atoms with Gasteiger partial charge in [0.05, 0.1) is 16.8 Å². The van der Waals surface area contributed by atoms with E-state index in [0.717, 1.165) is 18.5 Å². The Kier molecular flexibility index (Phi) is 2.65. The van der Waals surface area contributed by atoms with Gasteiger partial charge < -0.3 is 5.32 Å². The predicted octanol–water partition coefficient (Wildman–Crippen LogP) is 2.13. The van der Waals surface area contributed by atoms with E-state index < -0.39 is 0 Å². The first-order valence-electron chi connectivity index (χ1n) is 7.06. The van der Waals surface area contributed by atoms with Gasteiger partial charge in [0.15, 0.2) is 0 Å². The number of imide groups is 1. The number of nitrogens with one attached hydrogen (secondary N) is 1. The van der Waals surface area contributed by atoms with Crippen LogP contribution in [0.1, 0.15) is 31.8 Å². The van der Waals surface area contributed by atoms with Gasteiger partial charge in [0.1, 0.15) is 0 Å². The summed E-state index contributed by atoms with van der Waals surface area (Å²) in [5.74, 6) is -0.454. The lowest BCUT2D eigenvalue weighted by Crippen LogP contribution is -2.33. The van der Waals surface area contributed by atoms with Gasteiger partial charge in [0.25, 0.3) is 11.8 Å². The summed E-state index contributed by atoms with van der Waals surface area (Å²) in [5.41, 5.74) is 3.96. The molecule has 2 amide bonds. The maximum Gasteiger partial charge on any atom is 0.266 e. The maximum absolute atomic E-state index is 12.6. The summed E-state index contributed by atoms with van der Waals surface area (Å²) in [7, 11) is 0. The molecule has 0 radical (unpaired) electrons. The molecule has 0 bridgehead atoms. The predicted molar refractivity (Wildman–Crippen MR) is 79.4 cm³/mol. The summed E-state index contributed by atoms with van der Waals surface area (Å²) >= 11 is 0. The molecule has 0 unspecified atom stereocenters. The highest BCUT2D eigenvalue weighted by Crippen LogP contribution is 2.33. The minimum atomic E-state index is -0.227. The van der Waals surface area contributed by atoms with E-state index in [1.807, 2.05) is 12.1 Å².